The topological polar surface area (TPSA) is 29.1 Å². The number of ketones is 1. The molecule has 0 aliphatic heterocycles. The largest absolute Gasteiger partial charge is 0.408 e. The molecule has 2 nitrogen and oxygen atoms in total. The number of hydrogen-bond donors (Lipinski definition) is 1. The van der Waals surface area contributed by atoms with E-state index in [0.717, 1.165) is 6.07 Å². The van der Waals surface area contributed by atoms with Gasteiger partial charge in [0.1, 0.15) is 11.9 Å². The highest BCUT2D eigenvalue weighted by atomic mass is 19.4. The Morgan fingerprint density at radius 1 is 1.38 bits per heavy atom. The van der Waals surface area contributed by atoms with Crippen molar-refractivity contribution in [3.63, 3.8) is 0 Å². The van der Waals surface area contributed by atoms with E-state index in [1.165, 1.54) is 13.0 Å². The summed E-state index contributed by atoms with van der Waals surface area (Å²) in [5, 5.41) is 2.37. The van der Waals surface area contributed by atoms with Crippen LogP contribution in [-0.4, -0.2) is 18.0 Å². The van der Waals surface area contributed by atoms with Gasteiger partial charge >= 0.3 is 6.18 Å². The summed E-state index contributed by atoms with van der Waals surface area (Å²) in [6, 6.07) is 0.702. The first-order chi connectivity index (χ1) is 9.74. The molecule has 0 saturated heterocycles. The Morgan fingerprint density at radius 3 is 2.43 bits per heavy atom. The van der Waals surface area contributed by atoms with Crippen molar-refractivity contribution in [3.05, 3.63) is 29.1 Å². The Hall–Kier alpha value is -1.59. The van der Waals surface area contributed by atoms with Crippen LogP contribution in [0.2, 0.25) is 0 Å². The average Bonchev–Trinajstić information content (AvgIpc) is 3.17. The number of anilines is 1. The average molecular weight is 303 g/mol. The van der Waals surface area contributed by atoms with Gasteiger partial charge in [0.25, 0.3) is 0 Å². The maximum Gasteiger partial charge on any atom is 0.408 e. The van der Waals surface area contributed by atoms with Crippen LogP contribution in [-0.2, 0) is 0 Å². The zero-order valence-electron chi connectivity index (χ0n) is 11.9. The predicted octanol–water partition coefficient (Wildman–Crippen LogP) is 4.48. The lowest BCUT2D eigenvalue weighted by Crippen LogP contribution is -2.38. The number of nitrogens with one attached hydrogen (secondary N) is 1. The number of aryl methyl sites for hydroxylation is 1. The standard InChI is InChI=1S/C15H17F4NO/c1-3-12(21)13-8(2)6-10(7-11(13)16)20-14(9-4-5-9)15(17,18)19/h6-7,9,14,20H,3-5H2,1-2H3. The number of carbonyl (C=O) groups excluding carboxylic acids is 1. The molecule has 2 rings (SSSR count). The molecule has 0 amide bonds. The van der Waals surface area contributed by atoms with Gasteiger partial charge in [0.2, 0.25) is 0 Å². The lowest BCUT2D eigenvalue weighted by atomic mass is 10.0. The van der Waals surface area contributed by atoms with Gasteiger partial charge in [-0.3, -0.25) is 4.79 Å². The van der Waals surface area contributed by atoms with Crippen LogP contribution in [0.3, 0.4) is 0 Å². The molecule has 1 atom stereocenters. The van der Waals surface area contributed by atoms with Gasteiger partial charge < -0.3 is 5.32 Å². The van der Waals surface area contributed by atoms with E-state index < -0.39 is 24.0 Å². The summed E-state index contributed by atoms with van der Waals surface area (Å²) in [5.41, 5.74) is 0.367. The first kappa shape index (κ1) is 15.8. The molecule has 1 unspecified atom stereocenters. The SMILES string of the molecule is CCC(=O)c1c(C)cc(NC(C2CC2)C(F)(F)F)cc1F. The molecule has 1 saturated carbocycles. The summed E-state index contributed by atoms with van der Waals surface area (Å²) in [4.78, 5) is 11.6. The van der Waals surface area contributed by atoms with E-state index in [9.17, 15) is 22.4 Å². The van der Waals surface area contributed by atoms with Crippen LogP contribution in [0.4, 0.5) is 23.2 Å². The molecule has 1 aliphatic carbocycles. The van der Waals surface area contributed by atoms with Crippen LogP contribution in [0.5, 0.6) is 0 Å². The minimum absolute atomic E-state index is 0.0435. The molecule has 1 aliphatic rings. The van der Waals surface area contributed by atoms with Crippen molar-refractivity contribution in [1.29, 1.82) is 0 Å². The molecule has 1 N–H and O–H groups in total. The van der Waals surface area contributed by atoms with Crippen molar-refractivity contribution in [2.45, 2.75) is 45.3 Å². The molecule has 0 aromatic heterocycles. The van der Waals surface area contributed by atoms with Crippen molar-refractivity contribution >= 4 is 11.5 Å². The van der Waals surface area contributed by atoms with Gasteiger partial charge in [-0.05, 0) is 43.4 Å². The number of benzene rings is 1. The van der Waals surface area contributed by atoms with Crippen molar-refractivity contribution in [2.75, 3.05) is 5.32 Å². The summed E-state index contributed by atoms with van der Waals surface area (Å²) in [5.74, 6) is -1.59. The highest BCUT2D eigenvalue weighted by Gasteiger charge is 2.48. The molecule has 0 radical (unpaired) electrons. The Kier molecular flexibility index (Phi) is 4.25. The molecule has 1 aromatic rings. The Balaban J connectivity index is 2.27. The van der Waals surface area contributed by atoms with Crippen LogP contribution in [0.1, 0.15) is 42.1 Å². The smallest absolute Gasteiger partial charge is 0.374 e. The van der Waals surface area contributed by atoms with Crippen LogP contribution >= 0.6 is 0 Å². The number of rotatable bonds is 5. The molecule has 0 bridgehead atoms. The fourth-order valence-electron chi connectivity index (χ4n) is 2.43. The van der Waals surface area contributed by atoms with Crippen LogP contribution in [0.25, 0.3) is 0 Å². The molecule has 1 fully saturated rings. The molecule has 6 heteroatoms. The van der Waals surface area contributed by atoms with E-state index in [4.69, 9.17) is 0 Å². The zero-order chi connectivity index (χ0) is 15.8. The second-order valence-electron chi connectivity index (χ2n) is 5.43. The van der Waals surface area contributed by atoms with E-state index in [0.29, 0.717) is 18.4 Å². The normalized spacial score (nSPS) is 16.7. The van der Waals surface area contributed by atoms with Crippen LogP contribution in [0.15, 0.2) is 12.1 Å². The molecule has 116 valence electrons. The fourth-order valence-corrected chi connectivity index (χ4v) is 2.43. The van der Waals surface area contributed by atoms with E-state index >= 15 is 0 Å². The van der Waals surface area contributed by atoms with E-state index in [1.807, 2.05) is 0 Å². The van der Waals surface area contributed by atoms with Crippen LogP contribution < -0.4 is 5.32 Å². The minimum Gasteiger partial charge on any atom is -0.374 e. The van der Waals surface area contributed by atoms with Gasteiger partial charge in [-0.15, -0.1) is 0 Å². The predicted molar refractivity (Wildman–Crippen MR) is 71.9 cm³/mol. The van der Waals surface area contributed by atoms with Gasteiger partial charge in [0.05, 0.1) is 5.56 Å². The first-order valence-corrected chi connectivity index (χ1v) is 6.90. The summed E-state index contributed by atoms with van der Waals surface area (Å²) >= 11 is 0. The Morgan fingerprint density at radius 2 is 2.00 bits per heavy atom. The highest BCUT2D eigenvalue weighted by Crippen LogP contribution is 2.42. The molecule has 21 heavy (non-hydrogen) atoms. The monoisotopic (exact) mass is 303 g/mol. The van der Waals surface area contributed by atoms with Crippen molar-refractivity contribution < 1.29 is 22.4 Å². The maximum absolute atomic E-state index is 14.0. The number of Topliss-reactive ketones (excluding diaryl/α,β-unsaturated/α-hetero) is 1. The van der Waals surface area contributed by atoms with E-state index in [2.05, 4.69) is 5.32 Å². The third-order valence-electron chi connectivity index (χ3n) is 3.66. The van der Waals surface area contributed by atoms with E-state index in [-0.39, 0.29) is 23.5 Å². The Bertz CT molecular complexity index is 526. The lowest BCUT2D eigenvalue weighted by molar-refractivity contribution is -0.146. The van der Waals surface area contributed by atoms with Gasteiger partial charge in [-0.2, -0.15) is 13.2 Å². The van der Waals surface area contributed by atoms with Gasteiger partial charge in [0, 0.05) is 12.1 Å². The molecular formula is C15H17F4NO. The lowest BCUT2D eigenvalue weighted by Gasteiger charge is -2.23. The molecular weight excluding hydrogens is 286 g/mol. The zero-order valence-corrected chi connectivity index (χ0v) is 11.9. The summed E-state index contributed by atoms with van der Waals surface area (Å²) in [7, 11) is 0. The van der Waals surface area contributed by atoms with Crippen molar-refractivity contribution in [1.82, 2.24) is 0 Å². The summed E-state index contributed by atoms with van der Waals surface area (Å²) in [6.07, 6.45) is -3.18. The second kappa shape index (κ2) is 5.66. The maximum atomic E-state index is 14.0. The highest BCUT2D eigenvalue weighted by molar-refractivity contribution is 5.97. The van der Waals surface area contributed by atoms with E-state index in [1.54, 1.807) is 6.92 Å². The first-order valence-electron chi connectivity index (χ1n) is 6.90. The number of alkyl halides is 3. The van der Waals surface area contributed by atoms with Crippen molar-refractivity contribution in [3.8, 4) is 0 Å². The number of halogens is 4. The fraction of sp³-hybridized carbons (Fsp3) is 0.533. The molecule has 0 spiro atoms. The number of carbonyl (C=O) groups is 1. The molecule has 1 aromatic carbocycles. The minimum atomic E-state index is -4.37. The Labute approximate surface area is 120 Å². The summed E-state index contributed by atoms with van der Waals surface area (Å²) in [6.45, 7) is 3.14. The summed E-state index contributed by atoms with van der Waals surface area (Å²) < 4.78 is 52.8. The van der Waals surface area contributed by atoms with Crippen molar-refractivity contribution in [2.24, 2.45) is 5.92 Å². The number of hydrogen-bond acceptors (Lipinski definition) is 2. The second-order valence-corrected chi connectivity index (χ2v) is 5.43. The van der Waals surface area contributed by atoms with Gasteiger partial charge in [-0.1, -0.05) is 6.92 Å². The quantitative estimate of drug-likeness (QED) is 0.642. The third-order valence-corrected chi connectivity index (χ3v) is 3.66. The van der Waals surface area contributed by atoms with Crippen LogP contribution in [0, 0.1) is 18.7 Å². The van der Waals surface area contributed by atoms with Gasteiger partial charge in [0.15, 0.2) is 5.78 Å². The third kappa shape index (κ3) is 3.54. The molecule has 0 heterocycles. The van der Waals surface area contributed by atoms with Gasteiger partial charge in [-0.25, -0.2) is 4.39 Å².